The first kappa shape index (κ1) is 13.9. The SMILES string of the molecule is O=C1C(c2cccnc2)=C(c2ccc(Cl)cc2)c2ccccc21. The number of ketones is 1. The molecule has 0 atom stereocenters. The molecule has 0 unspecified atom stereocenters. The molecule has 1 aliphatic carbocycles. The van der Waals surface area contributed by atoms with Crippen molar-refractivity contribution in [3.63, 3.8) is 0 Å². The number of fused-ring (bicyclic) bond motifs is 1. The second-order valence-electron chi connectivity index (χ2n) is 5.37. The Balaban J connectivity index is 2.03. The van der Waals surface area contributed by atoms with Crippen molar-refractivity contribution < 1.29 is 4.79 Å². The predicted molar refractivity (Wildman–Crippen MR) is 92.4 cm³/mol. The first-order chi connectivity index (χ1) is 11.3. The Labute approximate surface area is 139 Å². The van der Waals surface area contributed by atoms with Crippen LogP contribution in [0.1, 0.15) is 27.0 Å². The molecule has 4 rings (SSSR count). The number of carbonyl (C=O) groups excluding carboxylic acids is 1. The minimum Gasteiger partial charge on any atom is -0.289 e. The molecule has 1 aromatic heterocycles. The number of pyridine rings is 1. The molecule has 1 aliphatic rings. The van der Waals surface area contributed by atoms with Crippen LogP contribution in [0.4, 0.5) is 0 Å². The quantitative estimate of drug-likeness (QED) is 0.673. The third kappa shape index (κ3) is 2.28. The lowest BCUT2D eigenvalue weighted by Crippen LogP contribution is -1.98. The van der Waals surface area contributed by atoms with Crippen molar-refractivity contribution in [1.82, 2.24) is 4.98 Å². The number of rotatable bonds is 2. The van der Waals surface area contributed by atoms with E-state index in [2.05, 4.69) is 4.98 Å². The van der Waals surface area contributed by atoms with Crippen LogP contribution in [0.15, 0.2) is 73.1 Å². The molecule has 0 spiro atoms. The van der Waals surface area contributed by atoms with E-state index in [-0.39, 0.29) is 5.78 Å². The van der Waals surface area contributed by atoms with E-state index < -0.39 is 0 Å². The van der Waals surface area contributed by atoms with Gasteiger partial charge in [-0.2, -0.15) is 0 Å². The standard InChI is InChI=1S/C20H12ClNO/c21-15-9-7-13(8-10-15)18-16-5-1-2-6-17(16)20(23)19(18)14-4-3-11-22-12-14/h1-12H. The van der Waals surface area contributed by atoms with E-state index in [9.17, 15) is 4.79 Å². The smallest absolute Gasteiger partial charge is 0.194 e. The normalized spacial score (nSPS) is 13.3. The molecule has 1 heterocycles. The second kappa shape index (κ2) is 5.49. The van der Waals surface area contributed by atoms with E-state index in [0.717, 1.165) is 27.8 Å². The fourth-order valence-electron chi connectivity index (χ4n) is 2.98. The molecule has 0 saturated heterocycles. The predicted octanol–water partition coefficient (Wildman–Crippen LogP) is 4.89. The maximum absolute atomic E-state index is 12.9. The van der Waals surface area contributed by atoms with Gasteiger partial charge >= 0.3 is 0 Å². The lowest BCUT2D eigenvalue weighted by atomic mass is 9.95. The topological polar surface area (TPSA) is 30.0 Å². The highest BCUT2D eigenvalue weighted by atomic mass is 35.5. The van der Waals surface area contributed by atoms with Crippen molar-refractivity contribution in [2.75, 3.05) is 0 Å². The van der Waals surface area contributed by atoms with Crippen molar-refractivity contribution in [1.29, 1.82) is 0 Å². The number of carbonyl (C=O) groups is 1. The molecule has 110 valence electrons. The number of Topliss-reactive ketones (excluding diaryl/α,β-unsaturated/α-hetero) is 1. The number of benzene rings is 2. The molecule has 0 radical (unpaired) electrons. The van der Waals surface area contributed by atoms with E-state index >= 15 is 0 Å². The number of hydrogen-bond donors (Lipinski definition) is 0. The Bertz CT molecular complexity index is 927. The molecule has 0 amide bonds. The van der Waals surface area contributed by atoms with Gasteiger partial charge in [0.2, 0.25) is 0 Å². The maximum atomic E-state index is 12.9. The van der Waals surface area contributed by atoms with Crippen LogP contribution >= 0.6 is 11.6 Å². The van der Waals surface area contributed by atoms with Crippen molar-refractivity contribution in [3.05, 3.63) is 100 Å². The molecule has 3 aromatic rings. The van der Waals surface area contributed by atoms with Gasteiger partial charge in [-0.15, -0.1) is 0 Å². The summed E-state index contributed by atoms with van der Waals surface area (Å²) in [6.45, 7) is 0. The first-order valence-electron chi connectivity index (χ1n) is 7.30. The van der Waals surface area contributed by atoms with Crippen molar-refractivity contribution in [2.45, 2.75) is 0 Å². The minimum atomic E-state index is 0.0403. The van der Waals surface area contributed by atoms with Crippen LogP contribution in [0.25, 0.3) is 11.1 Å². The fourth-order valence-corrected chi connectivity index (χ4v) is 3.11. The van der Waals surface area contributed by atoms with Crippen LogP contribution in [0.3, 0.4) is 0 Å². The molecule has 0 aliphatic heterocycles. The summed E-state index contributed by atoms with van der Waals surface area (Å²) in [5, 5.41) is 0.676. The molecule has 0 saturated carbocycles. The number of hydrogen-bond acceptors (Lipinski definition) is 2. The lowest BCUT2D eigenvalue weighted by molar-refractivity contribution is 0.105. The van der Waals surface area contributed by atoms with Gasteiger partial charge in [-0.25, -0.2) is 0 Å². The summed E-state index contributed by atoms with van der Waals surface area (Å²) in [7, 11) is 0. The molecule has 2 aromatic carbocycles. The highest BCUT2D eigenvalue weighted by molar-refractivity contribution is 6.41. The first-order valence-corrected chi connectivity index (χ1v) is 7.68. The Hall–Kier alpha value is -2.71. The average molecular weight is 318 g/mol. The van der Waals surface area contributed by atoms with Crippen LogP contribution in [0.5, 0.6) is 0 Å². The summed E-state index contributed by atoms with van der Waals surface area (Å²) >= 11 is 6.01. The minimum absolute atomic E-state index is 0.0403. The molecule has 3 heteroatoms. The van der Waals surface area contributed by atoms with Crippen LogP contribution < -0.4 is 0 Å². The van der Waals surface area contributed by atoms with Crippen molar-refractivity contribution in [3.8, 4) is 0 Å². The second-order valence-corrected chi connectivity index (χ2v) is 5.81. The number of nitrogens with zero attached hydrogens (tertiary/aromatic N) is 1. The summed E-state index contributed by atoms with van der Waals surface area (Å²) in [6.07, 6.45) is 3.44. The average Bonchev–Trinajstić information content (AvgIpc) is 2.90. The fraction of sp³-hybridized carbons (Fsp3) is 0. The highest BCUT2D eigenvalue weighted by Gasteiger charge is 2.30. The van der Waals surface area contributed by atoms with Gasteiger partial charge in [0.05, 0.1) is 0 Å². The highest BCUT2D eigenvalue weighted by Crippen LogP contribution is 2.41. The van der Waals surface area contributed by atoms with Crippen LogP contribution in [0.2, 0.25) is 5.02 Å². The summed E-state index contributed by atoms with van der Waals surface area (Å²) < 4.78 is 0. The zero-order valence-electron chi connectivity index (χ0n) is 12.2. The summed E-state index contributed by atoms with van der Waals surface area (Å²) in [6, 6.07) is 19.0. The van der Waals surface area contributed by atoms with Gasteiger partial charge < -0.3 is 0 Å². The summed E-state index contributed by atoms with van der Waals surface area (Å²) in [5.74, 6) is 0.0403. The van der Waals surface area contributed by atoms with Gasteiger partial charge in [-0.05, 0) is 29.3 Å². The van der Waals surface area contributed by atoms with E-state index in [0.29, 0.717) is 10.6 Å². The van der Waals surface area contributed by atoms with Crippen LogP contribution in [-0.2, 0) is 0 Å². The van der Waals surface area contributed by atoms with Gasteiger partial charge in [-0.1, -0.05) is 54.1 Å². The van der Waals surface area contributed by atoms with Gasteiger partial charge in [0.15, 0.2) is 5.78 Å². The van der Waals surface area contributed by atoms with Crippen LogP contribution in [-0.4, -0.2) is 10.8 Å². The molecule has 0 bridgehead atoms. The van der Waals surface area contributed by atoms with E-state index in [1.54, 1.807) is 12.4 Å². The molecular weight excluding hydrogens is 306 g/mol. The van der Waals surface area contributed by atoms with Crippen molar-refractivity contribution in [2.24, 2.45) is 0 Å². The Morgan fingerprint density at radius 2 is 1.48 bits per heavy atom. The van der Waals surface area contributed by atoms with Crippen LogP contribution in [0, 0.1) is 0 Å². The molecular formula is C20H12ClNO. The lowest BCUT2D eigenvalue weighted by Gasteiger charge is -2.08. The van der Waals surface area contributed by atoms with Gasteiger partial charge in [-0.3, -0.25) is 9.78 Å². The summed E-state index contributed by atoms with van der Waals surface area (Å²) in [4.78, 5) is 17.1. The van der Waals surface area contributed by atoms with E-state index in [1.165, 1.54) is 0 Å². The maximum Gasteiger partial charge on any atom is 0.194 e. The van der Waals surface area contributed by atoms with Gasteiger partial charge in [0, 0.05) is 39.7 Å². The summed E-state index contributed by atoms with van der Waals surface area (Å²) in [5.41, 5.74) is 5.14. The number of allylic oxidation sites excluding steroid dienone is 1. The van der Waals surface area contributed by atoms with Crippen molar-refractivity contribution >= 4 is 28.5 Å². The number of aromatic nitrogens is 1. The zero-order valence-corrected chi connectivity index (χ0v) is 12.9. The Morgan fingerprint density at radius 3 is 2.17 bits per heavy atom. The third-order valence-corrected chi connectivity index (χ3v) is 4.25. The Morgan fingerprint density at radius 1 is 0.739 bits per heavy atom. The molecule has 23 heavy (non-hydrogen) atoms. The zero-order chi connectivity index (χ0) is 15.8. The third-order valence-electron chi connectivity index (χ3n) is 4.00. The van der Waals surface area contributed by atoms with E-state index in [4.69, 9.17) is 11.6 Å². The molecule has 2 nitrogen and oxygen atoms in total. The van der Waals surface area contributed by atoms with Gasteiger partial charge in [0.25, 0.3) is 0 Å². The Kier molecular flexibility index (Phi) is 3.32. The molecule has 0 fully saturated rings. The monoisotopic (exact) mass is 317 g/mol. The number of halogens is 1. The molecule has 0 N–H and O–H groups in total. The van der Waals surface area contributed by atoms with E-state index in [1.807, 2.05) is 60.7 Å². The van der Waals surface area contributed by atoms with Gasteiger partial charge in [0.1, 0.15) is 0 Å². The largest absolute Gasteiger partial charge is 0.289 e.